The molecule has 0 unspecified atom stereocenters. The van der Waals surface area contributed by atoms with E-state index >= 15 is 0 Å². The highest BCUT2D eigenvalue weighted by atomic mass is 16.3. The molecule has 2 heteroatoms. The lowest BCUT2D eigenvalue weighted by Crippen LogP contribution is -2.10. The van der Waals surface area contributed by atoms with Crippen LogP contribution in [0.4, 0.5) is 17.1 Å². The van der Waals surface area contributed by atoms with Crippen LogP contribution in [0.3, 0.4) is 0 Å². The third-order valence-corrected chi connectivity index (χ3v) is 11.7. The largest absolute Gasteiger partial charge is 0.456 e. The molecule has 0 aliphatic rings. The number of fused-ring (bicyclic) bond motifs is 4. The molecule has 1 heterocycles. The van der Waals surface area contributed by atoms with Gasteiger partial charge in [-0.15, -0.1) is 0 Å². The summed E-state index contributed by atoms with van der Waals surface area (Å²) in [6.45, 7) is 0. The monoisotopic (exact) mass is 765 g/mol. The predicted molar refractivity (Wildman–Crippen MR) is 253 cm³/mol. The Morgan fingerprint density at radius 2 is 0.733 bits per heavy atom. The Hall–Kier alpha value is -7.94. The molecular formula is C58H39NO. The van der Waals surface area contributed by atoms with Crippen LogP contribution in [-0.2, 0) is 0 Å². The first-order chi connectivity index (χ1) is 29.7. The first-order valence-corrected chi connectivity index (χ1v) is 20.5. The second kappa shape index (κ2) is 15.1. The van der Waals surface area contributed by atoms with E-state index in [1.165, 1.54) is 44.2 Å². The second-order valence-electron chi connectivity index (χ2n) is 15.3. The van der Waals surface area contributed by atoms with Gasteiger partial charge in [-0.3, -0.25) is 0 Å². The highest BCUT2D eigenvalue weighted by Gasteiger charge is 2.19. The standard InChI is InChI=1S/C58H39NO/c1-3-14-40(15-4-1)43-18-11-19-44(36-43)41-28-31-49(32-29-41)59(56-34-33-51(42-16-5-2-6-17-42)52-24-7-8-25-53(52)56)50-23-13-22-47(38-50)45-20-12-21-46(37-45)48-30-35-58-55(39-48)54-26-9-10-27-57(54)60-58/h1-39H. The van der Waals surface area contributed by atoms with Crippen LogP contribution in [0.1, 0.15) is 0 Å². The smallest absolute Gasteiger partial charge is 0.135 e. The van der Waals surface area contributed by atoms with E-state index in [-0.39, 0.29) is 0 Å². The van der Waals surface area contributed by atoms with E-state index in [2.05, 4.69) is 229 Å². The maximum Gasteiger partial charge on any atom is 0.135 e. The van der Waals surface area contributed by atoms with Gasteiger partial charge in [0.15, 0.2) is 0 Å². The van der Waals surface area contributed by atoms with Crippen molar-refractivity contribution in [2.24, 2.45) is 0 Å². The van der Waals surface area contributed by atoms with Crippen LogP contribution in [-0.4, -0.2) is 0 Å². The Morgan fingerprint density at radius 1 is 0.250 bits per heavy atom. The minimum Gasteiger partial charge on any atom is -0.456 e. The molecule has 0 aliphatic carbocycles. The fourth-order valence-electron chi connectivity index (χ4n) is 8.70. The molecule has 0 amide bonds. The number of anilines is 3. The lowest BCUT2D eigenvalue weighted by Gasteiger charge is -2.28. The van der Waals surface area contributed by atoms with Crippen LogP contribution >= 0.6 is 0 Å². The molecule has 0 radical (unpaired) electrons. The van der Waals surface area contributed by atoms with Crippen molar-refractivity contribution in [2.75, 3.05) is 4.90 Å². The summed E-state index contributed by atoms with van der Waals surface area (Å²) in [5, 5.41) is 4.67. The molecule has 60 heavy (non-hydrogen) atoms. The Labute approximate surface area is 349 Å². The van der Waals surface area contributed by atoms with E-state index in [1.807, 2.05) is 12.1 Å². The summed E-state index contributed by atoms with van der Waals surface area (Å²) >= 11 is 0. The van der Waals surface area contributed by atoms with E-state index in [1.54, 1.807) is 0 Å². The lowest BCUT2D eigenvalue weighted by atomic mass is 9.95. The quantitative estimate of drug-likeness (QED) is 0.153. The molecule has 0 atom stereocenters. The molecule has 282 valence electrons. The fraction of sp³-hybridized carbons (Fsp3) is 0. The van der Waals surface area contributed by atoms with Crippen molar-refractivity contribution in [3.63, 3.8) is 0 Å². The number of hydrogen-bond acceptors (Lipinski definition) is 2. The number of nitrogens with zero attached hydrogens (tertiary/aromatic N) is 1. The average molecular weight is 766 g/mol. The molecule has 10 aromatic carbocycles. The van der Waals surface area contributed by atoms with Crippen LogP contribution in [0.5, 0.6) is 0 Å². The number of rotatable bonds is 8. The van der Waals surface area contributed by atoms with Crippen LogP contribution in [0.15, 0.2) is 241 Å². The molecule has 1 aromatic heterocycles. The van der Waals surface area contributed by atoms with E-state index in [4.69, 9.17) is 4.42 Å². The minimum absolute atomic E-state index is 0.905. The van der Waals surface area contributed by atoms with Crippen LogP contribution in [0.25, 0.3) is 88.3 Å². The summed E-state index contributed by atoms with van der Waals surface area (Å²) in [6.07, 6.45) is 0. The summed E-state index contributed by atoms with van der Waals surface area (Å²) in [4.78, 5) is 2.41. The topological polar surface area (TPSA) is 16.4 Å². The highest BCUT2D eigenvalue weighted by Crippen LogP contribution is 2.44. The minimum atomic E-state index is 0.905. The average Bonchev–Trinajstić information content (AvgIpc) is 3.71. The van der Waals surface area contributed by atoms with Crippen LogP contribution < -0.4 is 4.90 Å². The number of hydrogen-bond donors (Lipinski definition) is 0. The molecular weight excluding hydrogens is 727 g/mol. The summed E-state index contributed by atoms with van der Waals surface area (Å²) in [7, 11) is 0. The number of benzene rings is 10. The molecule has 0 saturated carbocycles. The SMILES string of the molecule is c1ccc(-c2cccc(-c3ccc(N(c4cccc(-c5cccc(-c6ccc7oc8ccccc8c7c6)c5)c4)c4ccc(-c5ccccc5)c5ccccc45)cc3)c2)cc1. The summed E-state index contributed by atoms with van der Waals surface area (Å²) in [5.74, 6) is 0. The van der Waals surface area contributed by atoms with Crippen molar-refractivity contribution in [3.05, 3.63) is 237 Å². The van der Waals surface area contributed by atoms with E-state index in [0.717, 1.165) is 61.3 Å². The van der Waals surface area contributed by atoms with Gasteiger partial charge < -0.3 is 9.32 Å². The maximum absolute atomic E-state index is 6.15. The molecule has 0 saturated heterocycles. The molecule has 11 rings (SSSR count). The lowest BCUT2D eigenvalue weighted by molar-refractivity contribution is 0.669. The molecule has 0 spiro atoms. The Balaban J connectivity index is 1.02. The normalized spacial score (nSPS) is 11.3. The first kappa shape index (κ1) is 35.2. The van der Waals surface area contributed by atoms with Crippen molar-refractivity contribution in [3.8, 4) is 55.6 Å². The fourth-order valence-corrected chi connectivity index (χ4v) is 8.70. The predicted octanol–water partition coefficient (Wildman–Crippen LogP) is 16.5. The Morgan fingerprint density at radius 3 is 1.43 bits per heavy atom. The van der Waals surface area contributed by atoms with Crippen molar-refractivity contribution >= 4 is 49.8 Å². The summed E-state index contributed by atoms with van der Waals surface area (Å²) < 4.78 is 6.15. The van der Waals surface area contributed by atoms with E-state index in [0.29, 0.717) is 0 Å². The molecule has 0 N–H and O–H groups in total. The molecule has 11 aromatic rings. The van der Waals surface area contributed by atoms with Gasteiger partial charge in [0.1, 0.15) is 11.2 Å². The van der Waals surface area contributed by atoms with Crippen LogP contribution in [0.2, 0.25) is 0 Å². The Kier molecular flexibility index (Phi) is 8.87. The zero-order valence-electron chi connectivity index (χ0n) is 32.9. The second-order valence-corrected chi connectivity index (χ2v) is 15.3. The van der Waals surface area contributed by atoms with Gasteiger partial charge in [-0.05, 0) is 122 Å². The Bertz CT molecular complexity index is 3310. The zero-order chi connectivity index (χ0) is 39.8. The summed E-state index contributed by atoms with van der Waals surface area (Å²) in [6, 6.07) is 85.0. The summed E-state index contributed by atoms with van der Waals surface area (Å²) in [5.41, 5.74) is 16.9. The third kappa shape index (κ3) is 6.51. The van der Waals surface area contributed by atoms with Gasteiger partial charge in [-0.25, -0.2) is 0 Å². The third-order valence-electron chi connectivity index (χ3n) is 11.7. The number of para-hydroxylation sites is 1. The number of furan rings is 1. The first-order valence-electron chi connectivity index (χ1n) is 20.5. The van der Waals surface area contributed by atoms with Gasteiger partial charge in [-0.1, -0.05) is 176 Å². The van der Waals surface area contributed by atoms with Gasteiger partial charge in [0.2, 0.25) is 0 Å². The van der Waals surface area contributed by atoms with E-state index < -0.39 is 0 Å². The molecule has 2 nitrogen and oxygen atoms in total. The molecule has 0 aliphatic heterocycles. The zero-order valence-corrected chi connectivity index (χ0v) is 32.9. The van der Waals surface area contributed by atoms with Gasteiger partial charge in [0.25, 0.3) is 0 Å². The van der Waals surface area contributed by atoms with Crippen molar-refractivity contribution in [1.82, 2.24) is 0 Å². The van der Waals surface area contributed by atoms with Gasteiger partial charge >= 0.3 is 0 Å². The highest BCUT2D eigenvalue weighted by molar-refractivity contribution is 6.07. The van der Waals surface area contributed by atoms with Crippen molar-refractivity contribution in [1.29, 1.82) is 0 Å². The van der Waals surface area contributed by atoms with Gasteiger partial charge in [-0.2, -0.15) is 0 Å². The van der Waals surface area contributed by atoms with Gasteiger partial charge in [0.05, 0.1) is 5.69 Å². The molecule has 0 bridgehead atoms. The molecule has 0 fully saturated rings. The van der Waals surface area contributed by atoms with E-state index in [9.17, 15) is 0 Å². The van der Waals surface area contributed by atoms with Crippen molar-refractivity contribution in [2.45, 2.75) is 0 Å². The van der Waals surface area contributed by atoms with Gasteiger partial charge in [0, 0.05) is 27.5 Å². The van der Waals surface area contributed by atoms with Crippen molar-refractivity contribution < 1.29 is 4.42 Å². The maximum atomic E-state index is 6.15. The van der Waals surface area contributed by atoms with Crippen LogP contribution in [0, 0.1) is 0 Å².